The molecule has 0 fully saturated rings. The van der Waals surface area contributed by atoms with Gasteiger partial charge in [0.2, 0.25) is 0 Å². The molecule has 0 aliphatic carbocycles. The maximum Gasteiger partial charge on any atom is 0.124 e. The van der Waals surface area contributed by atoms with Crippen LogP contribution in [0.25, 0.3) is 0 Å². The highest BCUT2D eigenvalue weighted by atomic mass is 35.5. The minimum Gasteiger partial charge on any atom is -0.508 e. The van der Waals surface area contributed by atoms with Crippen LogP contribution < -0.4 is 5.32 Å². The molecule has 2 aromatic carbocycles. The smallest absolute Gasteiger partial charge is 0.124 e. The molecule has 0 bridgehead atoms. The van der Waals surface area contributed by atoms with E-state index in [9.17, 15) is 9.50 Å². The lowest BCUT2D eigenvalue weighted by molar-refractivity contribution is 0.474. The van der Waals surface area contributed by atoms with E-state index in [4.69, 9.17) is 11.6 Å². The summed E-state index contributed by atoms with van der Waals surface area (Å²) >= 11 is 6.01. The molecule has 1 unspecified atom stereocenters. The van der Waals surface area contributed by atoms with Crippen molar-refractivity contribution >= 4 is 11.6 Å². The van der Waals surface area contributed by atoms with E-state index in [0.29, 0.717) is 11.6 Å². The van der Waals surface area contributed by atoms with Crippen LogP contribution in [0.2, 0.25) is 5.02 Å². The standard InChI is InChI=1S/C15H15ClFNO/c1-10(14-7-4-12(17)8-15(14)16)18-9-11-2-5-13(19)6-3-11/h2-8,10,18-19H,9H2,1H3. The lowest BCUT2D eigenvalue weighted by atomic mass is 10.1. The third-order valence-corrected chi connectivity index (χ3v) is 3.31. The maximum atomic E-state index is 13.0. The molecular weight excluding hydrogens is 265 g/mol. The highest BCUT2D eigenvalue weighted by molar-refractivity contribution is 6.31. The van der Waals surface area contributed by atoms with Crippen molar-refractivity contribution in [2.45, 2.75) is 19.5 Å². The molecule has 0 aliphatic heterocycles. The fourth-order valence-corrected chi connectivity index (χ4v) is 2.18. The maximum absolute atomic E-state index is 13.0. The third kappa shape index (κ3) is 3.69. The Morgan fingerprint density at radius 1 is 1.21 bits per heavy atom. The lowest BCUT2D eigenvalue weighted by Crippen LogP contribution is -2.18. The topological polar surface area (TPSA) is 32.3 Å². The second-order valence-electron chi connectivity index (χ2n) is 4.43. The van der Waals surface area contributed by atoms with E-state index >= 15 is 0 Å². The number of phenolic OH excluding ortho intramolecular Hbond substituents is 1. The van der Waals surface area contributed by atoms with E-state index in [-0.39, 0.29) is 17.6 Å². The van der Waals surface area contributed by atoms with Gasteiger partial charge in [0.1, 0.15) is 11.6 Å². The number of nitrogens with one attached hydrogen (secondary N) is 1. The zero-order valence-electron chi connectivity index (χ0n) is 10.5. The Labute approximate surface area is 116 Å². The van der Waals surface area contributed by atoms with Crippen LogP contribution in [0, 0.1) is 5.82 Å². The monoisotopic (exact) mass is 279 g/mol. The number of hydrogen-bond acceptors (Lipinski definition) is 2. The molecule has 0 aliphatic rings. The number of phenols is 1. The molecule has 19 heavy (non-hydrogen) atoms. The largest absolute Gasteiger partial charge is 0.508 e. The highest BCUT2D eigenvalue weighted by Crippen LogP contribution is 2.24. The molecule has 1 atom stereocenters. The molecule has 2 aromatic rings. The summed E-state index contributed by atoms with van der Waals surface area (Å²) in [6, 6.07) is 11.4. The minimum absolute atomic E-state index is 0.0157. The van der Waals surface area contributed by atoms with E-state index in [1.807, 2.05) is 19.1 Å². The van der Waals surface area contributed by atoms with Crippen LogP contribution in [0.1, 0.15) is 24.1 Å². The van der Waals surface area contributed by atoms with Crippen LogP contribution in [0.15, 0.2) is 42.5 Å². The van der Waals surface area contributed by atoms with Crippen LogP contribution in [-0.4, -0.2) is 5.11 Å². The first-order valence-corrected chi connectivity index (χ1v) is 6.40. The van der Waals surface area contributed by atoms with E-state index in [0.717, 1.165) is 11.1 Å². The predicted octanol–water partition coefficient (Wildman–Crippen LogP) is 4.04. The fourth-order valence-electron chi connectivity index (χ4n) is 1.85. The van der Waals surface area contributed by atoms with Crippen molar-refractivity contribution in [2.75, 3.05) is 0 Å². The molecule has 0 spiro atoms. The summed E-state index contributed by atoms with van der Waals surface area (Å²) in [6.45, 7) is 2.62. The first-order valence-electron chi connectivity index (χ1n) is 6.02. The molecule has 100 valence electrons. The van der Waals surface area contributed by atoms with Gasteiger partial charge in [0.15, 0.2) is 0 Å². The summed E-state index contributed by atoms with van der Waals surface area (Å²) < 4.78 is 13.0. The number of hydrogen-bond donors (Lipinski definition) is 2. The summed E-state index contributed by atoms with van der Waals surface area (Å²) in [6.07, 6.45) is 0. The normalized spacial score (nSPS) is 12.4. The van der Waals surface area contributed by atoms with Gasteiger partial charge in [-0.2, -0.15) is 0 Å². The van der Waals surface area contributed by atoms with E-state index in [2.05, 4.69) is 5.32 Å². The van der Waals surface area contributed by atoms with E-state index in [1.54, 1.807) is 18.2 Å². The molecule has 0 saturated heterocycles. The molecule has 0 radical (unpaired) electrons. The third-order valence-electron chi connectivity index (χ3n) is 2.98. The van der Waals surface area contributed by atoms with Crippen molar-refractivity contribution < 1.29 is 9.50 Å². The van der Waals surface area contributed by atoms with Crippen LogP contribution in [0.3, 0.4) is 0 Å². The summed E-state index contributed by atoms with van der Waals surface area (Å²) in [5.41, 5.74) is 1.92. The van der Waals surface area contributed by atoms with Gasteiger partial charge in [-0.3, -0.25) is 0 Å². The first-order chi connectivity index (χ1) is 9.06. The molecule has 0 saturated carbocycles. The van der Waals surface area contributed by atoms with Gasteiger partial charge in [-0.05, 0) is 42.3 Å². The Kier molecular flexibility index (Phi) is 4.40. The number of halogens is 2. The van der Waals surface area contributed by atoms with Crippen molar-refractivity contribution in [3.05, 3.63) is 64.4 Å². The SMILES string of the molecule is CC(NCc1ccc(O)cc1)c1ccc(F)cc1Cl. The van der Waals surface area contributed by atoms with Crippen LogP contribution in [-0.2, 0) is 6.54 Å². The Morgan fingerprint density at radius 3 is 2.53 bits per heavy atom. The van der Waals surface area contributed by atoms with Gasteiger partial charge in [0.05, 0.1) is 0 Å². The quantitative estimate of drug-likeness (QED) is 0.885. The van der Waals surface area contributed by atoms with Gasteiger partial charge in [-0.25, -0.2) is 4.39 Å². The second kappa shape index (κ2) is 6.04. The molecule has 2 nitrogen and oxygen atoms in total. The van der Waals surface area contributed by atoms with Gasteiger partial charge < -0.3 is 10.4 Å². The van der Waals surface area contributed by atoms with Gasteiger partial charge in [-0.15, -0.1) is 0 Å². The summed E-state index contributed by atoms with van der Waals surface area (Å²) in [7, 11) is 0. The van der Waals surface area contributed by atoms with Crippen molar-refractivity contribution in [3.8, 4) is 5.75 Å². The van der Waals surface area contributed by atoms with E-state index < -0.39 is 0 Å². The van der Waals surface area contributed by atoms with Crippen LogP contribution >= 0.6 is 11.6 Å². The van der Waals surface area contributed by atoms with Crippen molar-refractivity contribution in [1.29, 1.82) is 0 Å². The van der Waals surface area contributed by atoms with Gasteiger partial charge in [-0.1, -0.05) is 29.8 Å². The van der Waals surface area contributed by atoms with Crippen molar-refractivity contribution in [2.24, 2.45) is 0 Å². The molecular formula is C15H15ClFNO. The Morgan fingerprint density at radius 2 is 1.89 bits per heavy atom. The van der Waals surface area contributed by atoms with Gasteiger partial charge in [0.25, 0.3) is 0 Å². The predicted molar refractivity (Wildman–Crippen MR) is 74.8 cm³/mol. The molecule has 4 heteroatoms. The molecule has 2 rings (SSSR count). The van der Waals surface area contributed by atoms with Crippen molar-refractivity contribution in [3.63, 3.8) is 0 Å². The number of rotatable bonds is 4. The van der Waals surface area contributed by atoms with Crippen LogP contribution in [0.5, 0.6) is 5.75 Å². The van der Waals surface area contributed by atoms with Gasteiger partial charge in [0, 0.05) is 17.6 Å². The van der Waals surface area contributed by atoms with Crippen LogP contribution in [0.4, 0.5) is 4.39 Å². The lowest BCUT2D eigenvalue weighted by Gasteiger charge is -2.16. The van der Waals surface area contributed by atoms with Gasteiger partial charge >= 0.3 is 0 Å². The summed E-state index contributed by atoms with van der Waals surface area (Å²) in [4.78, 5) is 0. The average Bonchev–Trinajstić information content (AvgIpc) is 2.37. The Bertz CT molecular complexity index is 557. The highest BCUT2D eigenvalue weighted by Gasteiger charge is 2.09. The average molecular weight is 280 g/mol. The number of benzene rings is 2. The zero-order valence-corrected chi connectivity index (χ0v) is 11.3. The fraction of sp³-hybridized carbons (Fsp3) is 0.200. The summed E-state index contributed by atoms with van der Waals surface area (Å²) in [5, 5.41) is 12.9. The van der Waals surface area contributed by atoms with Crippen molar-refractivity contribution in [1.82, 2.24) is 5.32 Å². The second-order valence-corrected chi connectivity index (χ2v) is 4.84. The number of aromatic hydroxyl groups is 1. The zero-order chi connectivity index (χ0) is 13.8. The molecule has 2 N–H and O–H groups in total. The first kappa shape index (κ1) is 13.8. The molecule has 0 aromatic heterocycles. The van der Waals surface area contributed by atoms with E-state index in [1.165, 1.54) is 12.1 Å². The molecule has 0 heterocycles. The Balaban J connectivity index is 2.01. The summed E-state index contributed by atoms with van der Waals surface area (Å²) in [5.74, 6) is -0.0853. The molecule has 0 amide bonds. The Hall–Kier alpha value is -1.58. The minimum atomic E-state index is -0.334.